The molecule has 1 aromatic carbocycles. The number of fused-ring (bicyclic) bond motifs is 1. The molecule has 4 heteroatoms. The Morgan fingerprint density at radius 2 is 2.33 bits per heavy atom. The van der Waals surface area contributed by atoms with Gasteiger partial charge in [-0.2, -0.15) is 5.10 Å². The van der Waals surface area contributed by atoms with Crippen LogP contribution in [0.2, 0.25) is 0 Å². The fraction of sp³-hybridized carbons (Fsp3) is 0.273. The number of hydrogen-bond donors (Lipinski definition) is 1. The van der Waals surface area contributed by atoms with E-state index in [4.69, 9.17) is 4.74 Å². The van der Waals surface area contributed by atoms with Crippen LogP contribution in [0.15, 0.2) is 29.4 Å². The molecule has 2 heterocycles. The number of aliphatic imine (C=N–C) groups is 1. The van der Waals surface area contributed by atoms with Gasteiger partial charge in [0, 0.05) is 10.9 Å². The largest absolute Gasteiger partial charge is 0.373 e. The minimum Gasteiger partial charge on any atom is -0.373 e. The molecule has 1 N–H and O–H groups in total. The fourth-order valence-corrected chi connectivity index (χ4v) is 1.75. The van der Waals surface area contributed by atoms with Gasteiger partial charge in [-0.15, -0.1) is 0 Å². The van der Waals surface area contributed by atoms with Gasteiger partial charge in [-0.25, -0.2) is 0 Å². The third kappa shape index (κ3) is 1.53. The van der Waals surface area contributed by atoms with Crippen LogP contribution >= 0.6 is 0 Å². The predicted molar refractivity (Wildman–Crippen MR) is 58.3 cm³/mol. The van der Waals surface area contributed by atoms with Crippen molar-refractivity contribution in [1.82, 2.24) is 10.2 Å². The van der Waals surface area contributed by atoms with Crippen LogP contribution in [0.5, 0.6) is 0 Å². The quantitative estimate of drug-likeness (QED) is 0.757. The third-order valence-corrected chi connectivity index (χ3v) is 2.55. The van der Waals surface area contributed by atoms with E-state index < -0.39 is 0 Å². The van der Waals surface area contributed by atoms with E-state index >= 15 is 0 Å². The standard InChI is InChI=1S/C11H11N3O/c1-2-9-6-13-14-10(9)5-8(1)11-7-15-4-3-12-11/h1-2,5-6H,3-4,7H2,(H,13,14). The molecule has 0 saturated heterocycles. The SMILES string of the molecule is c1cc2cn[nH]c2cc1C1=NCCOC1. The molecule has 76 valence electrons. The molecular formula is C11H11N3O. The lowest BCUT2D eigenvalue weighted by atomic mass is 10.1. The molecule has 1 aliphatic rings. The van der Waals surface area contributed by atoms with Crippen LogP contribution in [0.1, 0.15) is 5.56 Å². The van der Waals surface area contributed by atoms with Gasteiger partial charge in [0.15, 0.2) is 0 Å². The Kier molecular flexibility index (Phi) is 1.99. The monoisotopic (exact) mass is 201 g/mol. The van der Waals surface area contributed by atoms with Crippen LogP contribution < -0.4 is 0 Å². The summed E-state index contributed by atoms with van der Waals surface area (Å²) < 4.78 is 5.37. The molecular weight excluding hydrogens is 190 g/mol. The molecule has 0 spiro atoms. The van der Waals surface area contributed by atoms with Crippen molar-refractivity contribution in [2.75, 3.05) is 19.8 Å². The maximum absolute atomic E-state index is 5.37. The first kappa shape index (κ1) is 8.61. The molecule has 0 fully saturated rings. The second kappa shape index (κ2) is 3.47. The molecule has 0 unspecified atom stereocenters. The number of hydrogen-bond acceptors (Lipinski definition) is 3. The lowest BCUT2D eigenvalue weighted by Crippen LogP contribution is -2.18. The van der Waals surface area contributed by atoms with Gasteiger partial charge >= 0.3 is 0 Å². The molecule has 0 radical (unpaired) electrons. The molecule has 1 aliphatic heterocycles. The predicted octanol–water partition coefficient (Wildman–Crippen LogP) is 1.38. The van der Waals surface area contributed by atoms with Crippen molar-refractivity contribution in [1.29, 1.82) is 0 Å². The molecule has 2 aromatic rings. The number of nitrogens with zero attached hydrogens (tertiary/aromatic N) is 2. The van der Waals surface area contributed by atoms with Crippen LogP contribution in [-0.2, 0) is 4.74 Å². The summed E-state index contributed by atoms with van der Waals surface area (Å²) in [5, 5.41) is 8.07. The summed E-state index contributed by atoms with van der Waals surface area (Å²) in [6.45, 7) is 2.10. The van der Waals surface area contributed by atoms with Crippen LogP contribution in [-0.4, -0.2) is 35.7 Å². The van der Waals surface area contributed by atoms with Gasteiger partial charge in [0.1, 0.15) is 0 Å². The van der Waals surface area contributed by atoms with E-state index in [1.54, 1.807) is 0 Å². The number of aromatic nitrogens is 2. The minimum atomic E-state index is 0.611. The van der Waals surface area contributed by atoms with E-state index in [1.165, 1.54) is 0 Å². The Balaban J connectivity index is 2.06. The number of aromatic amines is 1. The molecule has 0 bridgehead atoms. The molecule has 0 aliphatic carbocycles. The highest BCUT2D eigenvalue weighted by Gasteiger charge is 2.08. The van der Waals surface area contributed by atoms with Gasteiger partial charge < -0.3 is 4.74 Å². The summed E-state index contributed by atoms with van der Waals surface area (Å²) in [5.74, 6) is 0. The van der Waals surface area contributed by atoms with Crippen molar-refractivity contribution in [2.45, 2.75) is 0 Å². The van der Waals surface area contributed by atoms with Crippen LogP contribution in [0.3, 0.4) is 0 Å². The molecule has 3 rings (SSSR count). The first-order chi connectivity index (χ1) is 7.43. The van der Waals surface area contributed by atoms with Crippen molar-refractivity contribution in [3.63, 3.8) is 0 Å². The molecule has 0 atom stereocenters. The third-order valence-electron chi connectivity index (χ3n) is 2.55. The first-order valence-electron chi connectivity index (χ1n) is 4.98. The topological polar surface area (TPSA) is 50.3 Å². The Morgan fingerprint density at radius 3 is 3.20 bits per heavy atom. The van der Waals surface area contributed by atoms with Crippen molar-refractivity contribution in [3.05, 3.63) is 30.0 Å². The maximum atomic E-state index is 5.37. The number of benzene rings is 1. The van der Waals surface area contributed by atoms with Crippen LogP contribution in [0.4, 0.5) is 0 Å². The Bertz CT molecular complexity index is 515. The number of rotatable bonds is 1. The summed E-state index contributed by atoms with van der Waals surface area (Å²) >= 11 is 0. The lowest BCUT2D eigenvalue weighted by Gasteiger charge is -2.12. The van der Waals surface area contributed by atoms with Crippen LogP contribution in [0, 0.1) is 0 Å². The van der Waals surface area contributed by atoms with E-state index in [0.717, 1.165) is 35.3 Å². The first-order valence-corrected chi connectivity index (χ1v) is 4.98. The zero-order valence-electron chi connectivity index (χ0n) is 8.23. The van der Waals surface area contributed by atoms with E-state index in [-0.39, 0.29) is 0 Å². The van der Waals surface area contributed by atoms with Crippen molar-refractivity contribution in [3.8, 4) is 0 Å². The molecule has 0 saturated carbocycles. The highest BCUT2D eigenvalue weighted by atomic mass is 16.5. The van der Waals surface area contributed by atoms with E-state index in [9.17, 15) is 0 Å². The van der Waals surface area contributed by atoms with Gasteiger partial charge in [-0.3, -0.25) is 10.1 Å². The van der Waals surface area contributed by atoms with Crippen molar-refractivity contribution < 1.29 is 4.74 Å². The van der Waals surface area contributed by atoms with Gasteiger partial charge in [-0.1, -0.05) is 12.1 Å². The van der Waals surface area contributed by atoms with E-state index in [0.29, 0.717) is 6.61 Å². The highest BCUT2D eigenvalue weighted by Crippen LogP contribution is 2.14. The van der Waals surface area contributed by atoms with Gasteiger partial charge in [-0.05, 0) is 6.07 Å². The fourth-order valence-electron chi connectivity index (χ4n) is 1.75. The molecule has 1 aromatic heterocycles. The number of ether oxygens (including phenoxy) is 1. The molecule has 15 heavy (non-hydrogen) atoms. The number of nitrogens with one attached hydrogen (secondary N) is 1. The summed E-state index contributed by atoms with van der Waals surface area (Å²) in [5.41, 5.74) is 3.19. The summed E-state index contributed by atoms with van der Waals surface area (Å²) in [4.78, 5) is 4.45. The van der Waals surface area contributed by atoms with E-state index in [1.807, 2.05) is 12.3 Å². The Hall–Kier alpha value is -1.68. The van der Waals surface area contributed by atoms with Gasteiger partial charge in [0.25, 0.3) is 0 Å². The average molecular weight is 201 g/mol. The van der Waals surface area contributed by atoms with Gasteiger partial charge in [0.05, 0.1) is 37.2 Å². The zero-order chi connectivity index (χ0) is 10.1. The Morgan fingerprint density at radius 1 is 1.33 bits per heavy atom. The summed E-state index contributed by atoms with van der Waals surface area (Å²) in [7, 11) is 0. The average Bonchev–Trinajstić information content (AvgIpc) is 2.77. The second-order valence-electron chi connectivity index (χ2n) is 3.55. The minimum absolute atomic E-state index is 0.611. The smallest absolute Gasteiger partial charge is 0.0890 e. The van der Waals surface area contributed by atoms with Gasteiger partial charge in [0.2, 0.25) is 0 Å². The molecule has 4 nitrogen and oxygen atoms in total. The van der Waals surface area contributed by atoms with Crippen LogP contribution in [0.25, 0.3) is 10.9 Å². The molecule has 0 amide bonds. The normalized spacial score (nSPS) is 16.7. The summed E-state index contributed by atoms with van der Waals surface area (Å²) in [6.07, 6.45) is 1.82. The zero-order valence-corrected chi connectivity index (χ0v) is 8.23. The lowest BCUT2D eigenvalue weighted by molar-refractivity contribution is 0.171. The van der Waals surface area contributed by atoms with E-state index in [2.05, 4.69) is 27.3 Å². The Labute approximate surface area is 87.0 Å². The number of H-pyrrole nitrogens is 1. The maximum Gasteiger partial charge on any atom is 0.0890 e. The van der Waals surface area contributed by atoms with Crippen molar-refractivity contribution in [2.24, 2.45) is 4.99 Å². The second-order valence-corrected chi connectivity index (χ2v) is 3.55. The summed E-state index contributed by atoms with van der Waals surface area (Å²) in [6, 6.07) is 6.17. The van der Waals surface area contributed by atoms with Crippen molar-refractivity contribution >= 4 is 16.6 Å². The highest BCUT2D eigenvalue weighted by molar-refractivity contribution is 6.04.